The third kappa shape index (κ3) is 6.03. The van der Waals surface area contributed by atoms with Gasteiger partial charge in [-0.3, -0.25) is 4.79 Å². The van der Waals surface area contributed by atoms with Crippen molar-refractivity contribution in [3.63, 3.8) is 0 Å². The lowest BCUT2D eigenvalue weighted by molar-refractivity contribution is -0.149. The zero-order valence-corrected chi connectivity index (χ0v) is 15.1. The van der Waals surface area contributed by atoms with Gasteiger partial charge in [0.05, 0.1) is 5.69 Å². The fourth-order valence-electron chi connectivity index (χ4n) is 1.64. The van der Waals surface area contributed by atoms with Crippen molar-refractivity contribution in [2.75, 3.05) is 18.5 Å². The number of anilines is 1. The zero-order chi connectivity index (χ0) is 16.7. The molecule has 0 radical (unpaired) electrons. The number of carbonyl (C=O) groups is 2. The molecule has 0 aliphatic heterocycles. The molecule has 0 bridgehead atoms. The smallest absolute Gasteiger partial charge is 0.344 e. The van der Waals surface area contributed by atoms with E-state index in [0.717, 1.165) is 8.95 Å². The first kappa shape index (κ1) is 17.5. The van der Waals surface area contributed by atoms with E-state index in [2.05, 4.69) is 37.2 Å². The standard InChI is InChI=1S/C16H13Br2NO4/c17-11-4-3-5-12(8-11)22-10-16(21)23-9-15(20)19-14-7-2-1-6-13(14)18/h1-8H,9-10H2,(H,19,20). The molecular formula is C16H13Br2NO4. The lowest BCUT2D eigenvalue weighted by Gasteiger charge is -2.09. The van der Waals surface area contributed by atoms with E-state index in [1.54, 1.807) is 36.4 Å². The molecule has 23 heavy (non-hydrogen) atoms. The third-order valence-electron chi connectivity index (χ3n) is 2.66. The van der Waals surface area contributed by atoms with Crippen LogP contribution >= 0.6 is 31.9 Å². The van der Waals surface area contributed by atoms with E-state index in [1.807, 2.05) is 12.1 Å². The largest absolute Gasteiger partial charge is 0.482 e. The van der Waals surface area contributed by atoms with Crippen LogP contribution in [0.1, 0.15) is 0 Å². The van der Waals surface area contributed by atoms with E-state index < -0.39 is 11.9 Å². The number of esters is 1. The SMILES string of the molecule is O=C(COC(=O)COc1cccc(Br)c1)Nc1ccccc1Br. The van der Waals surface area contributed by atoms with E-state index in [4.69, 9.17) is 9.47 Å². The molecule has 7 heteroatoms. The summed E-state index contributed by atoms with van der Waals surface area (Å²) in [6.07, 6.45) is 0. The lowest BCUT2D eigenvalue weighted by Crippen LogP contribution is -2.23. The number of rotatable bonds is 6. The van der Waals surface area contributed by atoms with Crippen LogP contribution in [0.4, 0.5) is 5.69 Å². The number of halogens is 2. The summed E-state index contributed by atoms with van der Waals surface area (Å²) in [5.41, 5.74) is 0.610. The Morgan fingerprint density at radius 2 is 1.78 bits per heavy atom. The maximum Gasteiger partial charge on any atom is 0.344 e. The Labute approximate surface area is 150 Å². The molecule has 2 aromatic rings. The monoisotopic (exact) mass is 441 g/mol. The van der Waals surface area contributed by atoms with Gasteiger partial charge in [-0.25, -0.2) is 4.79 Å². The first-order valence-electron chi connectivity index (χ1n) is 6.63. The van der Waals surface area contributed by atoms with Crippen molar-refractivity contribution in [1.29, 1.82) is 0 Å². The minimum absolute atomic E-state index is 0.265. The fourth-order valence-corrected chi connectivity index (χ4v) is 2.40. The van der Waals surface area contributed by atoms with E-state index in [9.17, 15) is 9.59 Å². The molecule has 0 spiro atoms. The fraction of sp³-hybridized carbons (Fsp3) is 0.125. The van der Waals surface area contributed by atoms with Gasteiger partial charge in [-0.1, -0.05) is 34.1 Å². The molecule has 0 aliphatic carbocycles. The molecule has 1 N–H and O–H groups in total. The summed E-state index contributed by atoms with van der Waals surface area (Å²) in [5.74, 6) is -0.506. The predicted octanol–water partition coefficient (Wildman–Crippen LogP) is 3.77. The minimum Gasteiger partial charge on any atom is -0.482 e. The molecule has 5 nitrogen and oxygen atoms in total. The van der Waals surface area contributed by atoms with E-state index in [-0.39, 0.29) is 13.2 Å². The summed E-state index contributed by atoms with van der Waals surface area (Å²) in [7, 11) is 0. The molecule has 0 fully saturated rings. The van der Waals surface area contributed by atoms with Crippen LogP contribution < -0.4 is 10.1 Å². The second kappa shape index (κ2) is 8.69. The highest BCUT2D eigenvalue weighted by Crippen LogP contribution is 2.21. The third-order valence-corrected chi connectivity index (χ3v) is 3.85. The molecule has 0 unspecified atom stereocenters. The number of carbonyl (C=O) groups excluding carboxylic acids is 2. The van der Waals surface area contributed by atoms with Crippen LogP contribution in [0.25, 0.3) is 0 Å². The van der Waals surface area contributed by atoms with Crippen LogP contribution in [-0.4, -0.2) is 25.1 Å². The molecule has 0 aromatic heterocycles. The molecule has 0 heterocycles. The summed E-state index contributed by atoms with van der Waals surface area (Å²) in [6, 6.07) is 14.2. The number of hydrogen-bond donors (Lipinski definition) is 1. The van der Waals surface area contributed by atoms with Crippen molar-refractivity contribution in [2.24, 2.45) is 0 Å². The van der Waals surface area contributed by atoms with Gasteiger partial charge in [0.1, 0.15) is 5.75 Å². The molecule has 0 saturated heterocycles. The summed E-state index contributed by atoms with van der Waals surface area (Å²) < 4.78 is 11.7. The van der Waals surface area contributed by atoms with Gasteiger partial charge in [0.15, 0.2) is 13.2 Å². The summed E-state index contributed by atoms with van der Waals surface area (Å²) in [4.78, 5) is 23.3. The second-order valence-corrected chi connectivity index (χ2v) is 6.20. The Kier molecular flexibility index (Phi) is 6.61. The van der Waals surface area contributed by atoms with Crippen molar-refractivity contribution in [3.05, 3.63) is 57.5 Å². The molecule has 0 atom stereocenters. The van der Waals surface area contributed by atoms with Crippen molar-refractivity contribution in [2.45, 2.75) is 0 Å². The maximum absolute atomic E-state index is 11.7. The van der Waals surface area contributed by atoms with Crippen LogP contribution in [0.5, 0.6) is 5.75 Å². The van der Waals surface area contributed by atoms with Gasteiger partial charge in [-0.2, -0.15) is 0 Å². The van der Waals surface area contributed by atoms with Gasteiger partial charge < -0.3 is 14.8 Å². The predicted molar refractivity (Wildman–Crippen MR) is 93.4 cm³/mol. The van der Waals surface area contributed by atoms with Crippen molar-refractivity contribution < 1.29 is 19.1 Å². The van der Waals surface area contributed by atoms with Crippen molar-refractivity contribution in [1.82, 2.24) is 0 Å². The molecule has 2 aromatic carbocycles. The zero-order valence-electron chi connectivity index (χ0n) is 11.9. The first-order chi connectivity index (χ1) is 11.0. The summed E-state index contributed by atoms with van der Waals surface area (Å²) in [5, 5.41) is 2.64. The second-order valence-electron chi connectivity index (χ2n) is 4.43. The molecular weight excluding hydrogens is 430 g/mol. The van der Waals surface area contributed by atoms with Gasteiger partial charge >= 0.3 is 5.97 Å². The van der Waals surface area contributed by atoms with Gasteiger partial charge in [-0.15, -0.1) is 0 Å². The van der Waals surface area contributed by atoms with Crippen LogP contribution in [-0.2, 0) is 14.3 Å². The molecule has 0 saturated carbocycles. The van der Waals surface area contributed by atoms with Gasteiger partial charge in [0.2, 0.25) is 0 Å². The van der Waals surface area contributed by atoms with E-state index in [1.165, 1.54) is 0 Å². The summed E-state index contributed by atoms with van der Waals surface area (Å²) >= 11 is 6.62. The minimum atomic E-state index is -0.618. The van der Waals surface area contributed by atoms with Crippen LogP contribution in [0.2, 0.25) is 0 Å². The van der Waals surface area contributed by atoms with E-state index >= 15 is 0 Å². The Morgan fingerprint density at radius 1 is 1.00 bits per heavy atom. The molecule has 2 rings (SSSR count). The van der Waals surface area contributed by atoms with Crippen molar-refractivity contribution >= 4 is 49.4 Å². The number of hydrogen-bond acceptors (Lipinski definition) is 4. The van der Waals surface area contributed by atoms with E-state index in [0.29, 0.717) is 11.4 Å². The van der Waals surface area contributed by atoms with Gasteiger partial charge in [-0.05, 0) is 46.3 Å². The van der Waals surface area contributed by atoms with Crippen LogP contribution in [0, 0.1) is 0 Å². The average molecular weight is 443 g/mol. The number of amides is 1. The number of benzene rings is 2. The van der Waals surface area contributed by atoms with Gasteiger partial charge in [0.25, 0.3) is 5.91 Å². The number of ether oxygens (including phenoxy) is 2. The maximum atomic E-state index is 11.7. The Hall–Kier alpha value is -1.86. The molecule has 1 amide bonds. The number of nitrogens with one attached hydrogen (secondary N) is 1. The van der Waals surface area contributed by atoms with Crippen molar-refractivity contribution in [3.8, 4) is 5.75 Å². The molecule has 120 valence electrons. The first-order valence-corrected chi connectivity index (χ1v) is 8.21. The van der Waals surface area contributed by atoms with Crippen LogP contribution in [0.3, 0.4) is 0 Å². The van der Waals surface area contributed by atoms with Crippen LogP contribution in [0.15, 0.2) is 57.5 Å². The van der Waals surface area contributed by atoms with Gasteiger partial charge in [0, 0.05) is 8.95 Å². The quantitative estimate of drug-likeness (QED) is 0.691. The topological polar surface area (TPSA) is 64.6 Å². The Balaban J connectivity index is 1.74. The highest BCUT2D eigenvalue weighted by Gasteiger charge is 2.10. The lowest BCUT2D eigenvalue weighted by atomic mass is 10.3. The highest BCUT2D eigenvalue weighted by molar-refractivity contribution is 9.10. The average Bonchev–Trinajstić information content (AvgIpc) is 2.53. The summed E-state index contributed by atoms with van der Waals surface area (Å²) in [6.45, 7) is -0.638. The normalized spacial score (nSPS) is 10.0. The highest BCUT2D eigenvalue weighted by atomic mass is 79.9. The Morgan fingerprint density at radius 3 is 2.52 bits per heavy atom. The molecule has 0 aliphatic rings. The Bertz CT molecular complexity index is 706. The number of para-hydroxylation sites is 1.